The molecule has 1 aliphatic carbocycles. The molecule has 3 fully saturated rings. The molecule has 1 aromatic heterocycles. The highest BCUT2D eigenvalue weighted by molar-refractivity contribution is 6.06. The summed E-state index contributed by atoms with van der Waals surface area (Å²) in [5.41, 5.74) is 4.46. The van der Waals surface area contributed by atoms with Gasteiger partial charge in [-0.3, -0.25) is 14.4 Å². The SMILES string of the molecule is Cc1ccccc1N1CCN(c2ccc(C(=O)NCCCN3C(=O)CCC3(C)C)cc2NC(=O)c2coc(C3CC3)n2)CC1. The summed E-state index contributed by atoms with van der Waals surface area (Å²) in [6.45, 7) is 10.6. The van der Waals surface area contributed by atoms with Crippen molar-refractivity contribution in [2.75, 3.05) is 54.4 Å². The molecule has 3 aliphatic rings. The summed E-state index contributed by atoms with van der Waals surface area (Å²) in [6, 6.07) is 13.9. The maximum absolute atomic E-state index is 13.3. The lowest BCUT2D eigenvalue weighted by atomic mass is 10.0. The van der Waals surface area contributed by atoms with Crippen LogP contribution in [0.2, 0.25) is 0 Å². The van der Waals surface area contributed by atoms with Crippen LogP contribution in [0.3, 0.4) is 0 Å². The van der Waals surface area contributed by atoms with E-state index in [0.29, 0.717) is 49.0 Å². The molecule has 0 bridgehead atoms. The van der Waals surface area contributed by atoms with Crippen molar-refractivity contribution < 1.29 is 18.8 Å². The third kappa shape index (κ3) is 6.44. The Morgan fingerprint density at radius 1 is 1.00 bits per heavy atom. The van der Waals surface area contributed by atoms with E-state index in [1.807, 2.05) is 17.0 Å². The zero-order chi connectivity index (χ0) is 30.8. The predicted octanol–water partition coefficient (Wildman–Crippen LogP) is 4.96. The minimum absolute atomic E-state index is 0.140. The number of aromatic nitrogens is 1. The Kier molecular flexibility index (Phi) is 8.33. The fourth-order valence-electron chi connectivity index (χ4n) is 6.24. The average Bonchev–Trinajstić information content (AvgIpc) is 3.68. The Hall–Kier alpha value is -4.34. The number of hydrogen-bond donors (Lipinski definition) is 2. The Morgan fingerprint density at radius 2 is 1.73 bits per heavy atom. The van der Waals surface area contributed by atoms with Gasteiger partial charge >= 0.3 is 0 Å². The smallest absolute Gasteiger partial charge is 0.277 e. The average molecular weight is 599 g/mol. The van der Waals surface area contributed by atoms with Crippen molar-refractivity contribution in [1.82, 2.24) is 15.2 Å². The van der Waals surface area contributed by atoms with Gasteiger partial charge in [0, 0.05) is 68.4 Å². The largest absolute Gasteiger partial charge is 0.448 e. The minimum Gasteiger partial charge on any atom is -0.448 e. The van der Waals surface area contributed by atoms with Crippen molar-refractivity contribution in [2.24, 2.45) is 0 Å². The Bertz CT molecular complexity index is 1540. The van der Waals surface area contributed by atoms with E-state index in [1.54, 1.807) is 6.07 Å². The number of oxazole rings is 1. The third-order valence-corrected chi connectivity index (χ3v) is 9.09. The van der Waals surface area contributed by atoms with E-state index in [0.717, 1.165) is 51.1 Å². The van der Waals surface area contributed by atoms with Crippen molar-refractivity contribution in [2.45, 2.75) is 64.3 Å². The molecule has 232 valence electrons. The molecule has 0 radical (unpaired) electrons. The van der Waals surface area contributed by atoms with E-state index < -0.39 is 0 Å². The lowest BCUT2D eigenvalue weighted by molar-refractivity contribution is -0.130. The highest BCUT2D eigenvalue weighted by atomic mass is 16.3. The fourth-order valence-corrected chi connectivity index (χ4v) is 6.24. The van der Waals surface area contributed by atoms with E-state index in [1.165, 1.54) is 17.5 Å². The number of para-hydroxylation sites is 1. The molecule has 2 aliphatic heterocycles. The summed E-state index contributed by atoms with van der Waals surface area (Å²) in [5, 5.41) is 6.01. The van der Waals surface area contributed by atoms with Crippen LogP contribution in [0.1, 0.15) is 84.2 Å². The molecule has 3 amide bonds. The van der Waals surface area contributed by atoms with E-state index in [-0.39, 0.29) is 29.0 Å². The quantitative estimate of drug-likeness (QED) is 0.318. The number of aryl methyl sites for hydroxylation is 1. The van der Waals surface area contributed by atoms with Gasteiger partial charge in [-0.2, -0.15) is 0 Å². The first kappa shape index (κ1) is 29.7. The summed E-state index contributed by atoms with van der Waals surface area (Å²) < 4.78 is 5.55. The van der Waals surface area contributed by atoms with Crippen LogP contribution < -0.4 is 20.4 Å². The van der Waals surface area contributed by atoms with Gasteiger partial charge in [0.05, 0.1) is 11.4 Å². The molecule has 10 nitrogen and oxygen atoms in total. The predicted molar refractivity (Wildman–Crippen MR) is 170 cm³/mol. The van der Waals surface area contributed by atoms with Crippen LogP contribution in [0.5, 0.6) is 0 Å². The second-order valence-corrected chi connectivity index (χ2v) is 12.8. The summed E-state index contributed by atoms with van der Waals surface area (Å²) in [4.78, 5) is 49.7. The highest BCUT2D eigenvalue weighted by Crippen LogP contribution is 2.39. The van der Waals surface area contributed by atoms with Crippen LogP contribution in [-0.2, 0) is 4.79 Å². The zero-order valence-corrected chi connectivity index (χ0v) is 25.9. The molecule has 6 rings (SSSR count). The number of nitrogens with zero attached hydrogens (tertiary/aromatic N) is 4. The summed E-state index contributed by atoms with van der Waals surface area (Å²) >= 11 is 0. The second kappa shape index (κ2) is 12.3. The van der Waals surface area contributed by atoms with Gasteiger partial charge in [-0.15, -0.1) is 0 Å². The van der Waals surface area contributed by atoms with Gasteiger partial charge in [-0.25, -0.2) is 4.98 Å². The number of benzene rings is 2. The number of hydrogen-bond acceptors (Lipinski definition) is 7. The van der Waals surface area contributed by atoms with Crippen molar-refractivity contribution in [3.05, 3.63) is 71.4 Å². The first-order valence-electron chi connectivity index (χ1n) is 15.7. The molecule has 2 aromatic carbocycles. The van der Waals surface area contributed by atoms with Crippen molar-refractivity contribution in [1.29, 1.82) is 0 Å². The number of rotatable bonds is 10. The van der Waals surface area contributed by atoms with E-state index in [9.17, 15) is 14.4 Å². The molecule has 3 aromatic rings. The number of nitrogens with one attached hydrogen (secondary N) is 2. The molecular formula is C34H42N6O4. The monoisotopic (exact) mass is 598 g/mol. The zero-order valence-electron chi connectivity index (χ0n) is 25.9. The fraction of sp³-hybridized carbons (Fsp3) is 0.471. The van der Waals surface area contributed by atoms with Gasteiger partial charge in [-0.1, -0.05) is 18.2 Å². The topological polar surface area (TPSA) is 111 Å². The van der Waals surface area contributed by atoms with Crippen molar-refractivity contribution in [3.63, 3.8) is 0 Å². The Labute approximate surface area is 258 Å². The van der Waals surface area contributed by atoms with Gasteiger partial charge in [0.15, 0.2) is 11.6 Å². The van der Waals surface area contributed by atoms with E-state index in [4.69, 9.17) is 4.42 Å². The number of likely N-dealkylation sites (tertiary alicyclic amines) is 1. The van der Waals surface area contributed by atoms with Gasteiger partial charge in [0.25, 0.3) is 11.8 Å². The molecule has 0 unspecified atom stereocenters. The molecule has 2 N–H and O–H groups in total. The second-order valence-electron chi connectivity index (χ2n) is 12.8. The molecular weight excluding hydrogens is 556 g/mol. The molecule has 0 atom stereocenters. The number of piperazine rings is 1. The van der Waals surface area contributed by atoms with Gasteiger partial charge in [0.1, 0.15) is 6.26 Å². The number of carbonyl (C=O) groups excluding carboxylic acids is 3. The van der Waals surface area contributed by atoms with Crippen LogP contribution in [0.4, 0.5) is 17.1 Å². The standard InChI is InChI=1S/C34H42N6O4/c1-23-7-4-5-8-28(23)38-17-19-39(20-18-38)29-12-11-25(31(42)35-15-6-16-40-30(41)13-14-34(40,2)3)21-26(29)36-32(43)27-22-44-33(37-27)24-9-10-24/h4-5,7-8,11-12,21-22,24H,6,9-10,13-20H2,1-3H3,(H,35,42)(H,36,43). The van der Waals surface area contributed by atoms with Crippen LogP contribution in [0.25, 0.3) is 0 Å². The summed E-state index contributed by atoms with van der Waals surface area (Å²) in [7, 11) is 0. The first-order valence-corrected chi connectivity index (χ1v) is 15.7. The van der Waals surface area contributed by atoms with Crippen LogP contribution in [0, 0.1) is 6.92 Å². The van der Waals surface area contributed by atoms with Crippen molar-refractivity contribution in [3.8, 4) is 0 Å². The van der Waals surface area contributed by atoms with Crippen LogP contribution in [-0.4, -0.2) is 72.4 Å². The lowest BCUT2D eigenvalue weighted by Crippen LogP contribution is -2.47. The van der Waals surface area contributed by atoms with E-state index >= 15 is 0 Å². The first-order chi connectivity index (χ1) is 21.2. The molecule has 3 heterocycles. The number of amides is 3. The Balaban J connectivity index is 1.15. The summed E-state index contributed by atoms with van der Waals surface area (Å²) in [5.74, 6) is 0.498. The molecule has 0 spiro atoms. The van der Waals surface area contributed by atoms with Gasteiger partial charge in [0.2, 0.25) is 5.91 Å². The third-order valence-electron chi connectivity index (χ3n) is 9.09. The molecule has 44 heavy (non-hydrogen) atoms. The lowest BCUT2D eigenvalue weighted by Gasteiger charge is -2.38. The number of anilines is 3. The molecule has 1 saturated carbocycles. The maximum Gasteiger partial charge on any atom is 0.277 e. The molecule has 10 heteroatoms. The van der Waals surface area contributed by atoms with E-state index in [2.05, 4.69) is 70.5 Å². The summed E-state index contributed by atoms with van der Waals surface area (Å²) in [6.07, 6.45) is 5.58. The Morgan fingerprint density at radius 3 is 2.41 bits per heavy atom. The normalized spacial score (nSPS) is 18.1. The van der Waals surface area contributed by atoms with Gasteiger partial charge in [-0.05, 0) is 76.3 Å². The van der Waals surface area contributed by atoms with Gasteiger partial charge < -0.3 is 29.8 Å². The minimum atomic E-state index is -0.365. The maximum atomic E-state index is 13.3. The molecule has 2 saturated heterocycles. The van der Waals surface area contributed by atoms with Crippen LogP contribution in [0.15, 0.2) is 53.1 Å². The highest BCUT2D eigenvalue weighted by Gasteiger charge is 2.36. The van der Waals surface area contributed by atoms with Crippen LogP contribution >= 0.6 is 0 Å². The van der Waals surface area contributed by atoms with Crippen molar-refractivity contribution >= 4 is 34.8 Å². The number of carbonyl (C=O) groups is 3.